The smallest absolute Gasteiger partial charge is 0.231 e. The largest absolute Gasteiger partial charge is 0.454 e. The molecule has 0 unspecified atom stereocenters. The van der Waals surface area contributed by atoms with Crippen molar-refractivity contribution in [3.8, 4) is 22.8 Å². The molecule has 1 aromatic heterocycles. The third kappa shape index (κ3) is 1.79. The van der Waals surface area contributed by atoms with Crippen LogP contribution in [0.25, 0.3) is 22.0 Å². The van der Waals surface area contributed by atoms with Gasteiger partial charge >= 0.3 is 0 Å². The molecule has 0 saturated heterocycles. The summed E-state index contributed by atoms with van der Waals surface area (Å²) in [6.45, 7) is 5.72. The average molecular weight is 304 g/mol. The molecule has 3 aromatic rings. The van der Waals surface area contributed by atoms with Gasteiger partial charge < -0.3 is 9.47 Å². The zero-order valence-corrected chi connectivity index (χ0v) is 13.3. The fraction of sp³-hybridized carbons (Fsp3) is 0.250. The van der Waals surface area contributed by atoms with Gasteiger partial charge in [0.1, 0.15) is 0 Å². The van der Waals surface area contributed by atoms with E-state index in [2.05, 4.69) is 54.9 Å². The van der Waals surface area contributed by atoms with Gasteiger partial charge in [-0.25, -0.2) is 0 Å². The van der Waals surface area contributed by atoms with Gasteiger partial charge in [0.05, 0.1) is 5.56 Å². The lowest BCUT2D eigenvalue weighted by atomic mass is 9.94. The maximum absolute atomic E-state index is 5.57. The van der Waals surface area contributed by atoms with Gasteiger partial charge in [0.25, 0.3) is 0 Å². The number of ether oxygens (including phenoxy) is 2. The van der Waals surface area contributed by atoms with E-state index in [1.54, 1.807) is 0 Å². The lowest BCUT2D eigenvalue weighted by Crippen LogP contribution is -2.40. The summed E-state index contributed by atoms with van der Waals surface area (Å²) >= 11 is 0. The fourth-order valence-corrected chi connectivity index (χ4v) is 3.70. The van der Waals surface area contributed by atoms with Crippen molar-refractivity contribution in [3.63, 3.8) is 0 Å². The van der Waals surface area contributed by atoms with Gasteiger partial charge in [0.15, 0.2) is 24.2 Å². The maximum atomic E-state index is 5.57. The summed E-state index contributed by atoms with van der Waals surface area (Å²) in [6, 6.07) is 11.0. The molecule has 23 heavy (non-hydrogen) atoms. The highest BCUT2D eigenvalue weighted by molar-refractivity contribution is 5.88. The standard InChI is InChI=1S/C20H18NO2/c1-12-3-4-14-7-18-16-9-20-19(22-11-23-20)8-15(16)5-6-21(18)10-17(14)13(12)2/h3-4,7-10H,5-6,11H2,1-2H3/q+1. The van der Waals surface area contributed by atoms with Crippen LogP contribution in [-0.2, 0) is 13.0 Å². The Kier molecular flexibility index (Phi) is 2.52. The Morgan fingerprint density at radius 2 is 1.83 bits per heavy atom. The zero-order chi connectivity index (χ0) is 15.6. The van der Waals surface area contributed by atoms with E-state index in [0.29, 0.717) is 6.79 Å². The first-order chi connectivity index (χ1) is 11.2. The molecule has 5 rings (SSSR count). The molecule has 3 heterocycles. The van der Waals surface area contributed by atoms with Crippen molar-refractivity contribution in [2.45, 2.75) is 26.8 Å². The van der Waals surface area contributed by atoms with Crippen molar-refractivity contribution >= 4 is 10.8 Å². The molecule has 0 atom stereocenters. The van der Waals surface area contributed by atoms with Crippen LogP contribution >= 0.6 is 0 Å². The number of fused-ring (bicyclic) bond motifs is 5. The van der Waals surface area contributed by atoms with E-state index in [0.717, 1.165) is 24.5 Å². The van der Waals surface area contributed by atoms with Crippen molar-refractivity contribution in [3.05, 3.63) is 53.2 Å². The molecule has 0 N–H and O–H groups in total. The van der Waals surface area contributed by atoms with Crippen LogP contribution in [0.3, 0.4) is 0 Å². The molecule has 0 fully saturated rings. The normalized spacial score (nSPS) is 14.7. The second kappa shape index (κ2) is 4.48. The van der Waals surface area contributed by atoms with Crippen LogP contribution in [0, 0.1) is 13.8 Å². The van der Waals surface area contributed by atoms with Crippen LogP contribution in [0.5, 0.6) is 11.5 Å². The summed E-state index contributed by atoms with van der Waals surface area (Å²) in [7, 11) is 0. The molecule has 2 aromatic carbocycles. The van der Waals surface area contributed by atoms with Crippen molar-refractivity contribution in [2.24, 2.45) is 0 Å². The Morgan fingerprint density at radius 1 is 1.00 bits per heavy atom. The molecule has 114 valence electrons. The average Bonchev–Trinajstić information content (AvgIpc) is 3.02. The second-order valence-electron chi connectivity index (χ2n) is 6.48. The summed E-state index contributed by atoms with van der Waals surface area (Å²) in [5.41, 5.74) is 6.59. The third-order valence-electron chi connectivity index (χ3n) is 5.20. The topological polar surface area (TPSA) is 22.3 Å². The minimum atomic E-state index is 0.328. The Morgan fingerprint density at radius 3 is 2.70 bits per heavy atom. The molecule has 0 bridgehead atoms. The van der Waals surface area contributed by atoms with Gasteiger partial charge in [-0.05, 0) is 48.1 Å². The van der Waals surface area contributed by atoms with E-state index in [4.69, 9.17) is 9.47 Å². The molecule has 3 nitrogen and oxygen atoms in total. The van der Waals surface area contributed by atoms with Crippen LogP contribution < -0.4 is 14.0 Å². The third-order valence-corrected chi connectivity index (χ3v) is 5.20. The van der Waals surface area contributed by atoms with Crippen molar-refractivity contribution in [1.82, 2.24) is 0 Å². The van der Waals surface area contributed by atoms with E-state index in [9.17, 15) is 0 Å². The lowest BCUT2D eigenvalue weighted by molar-refractivity contribution is -0.686. The fourth-order valence-electron chi connectivity index (χ4n) is 3.70. The molecule has 0 amide bonds. The van der Waals surface area contributed by atoms with E-state index >= 15 is 0 Å². The monoisotopic (exact) mass is 304 g/mol. The molecule has 0 saturated carbocycles. The quantitative estimate of drug-likeness (QED) is 0.591. The van der Waals surface area contributed by atoms with Crippen LogP contribution in [0.4, 0.5) is 0 Å². The van der Waals surface area contributed by atoms with Crippen molar-refractivity contribution in [2.75, 3.05) is 6.79 Å². The molecule has 3 heteroatoms. The van der Waals surface area contributed by atoms with Crippen LogP contribution in [0.1, 0.15) is 16.7 Å². The van der Waals surface area contributed by atoms with E-state index in [1.165, 1.54) is 38.7 Å². The number of aromatic nitrogens is 1. The summed E-state index contributed by atoms with van der Waals surface area (Å²) in [5, 5.41) is 2.64. The maximum Gasteiger partial charge on any atom is 0.231 e. The first-order valence-electron chi connectivity index (χ1n) is 8.07. The predicted molar refractivity (Wildman–Crippen MR) is 88.9 cm³/mol. The Labute approximate surface area is 135 Å². The molecule has 2 aliphatic rings. The second-order valence-corrected chi connectivity index (χ2v) is 6.48. The van der Waals surface area contributed by atoms with Gasteiger partial charge in [-0.1, -0.05) is 12.1 Å². The zero-order valence-electron chi connectivity index (χ0n) is 13.3. The Balaban J connectivity index is 1.79. The highest BCUT2D eigenvalue weighted by Gasteiger charge is 2.27. The van der Waals surface area contributed by atoms with E-state index in [-0.39, 0.29) is 0 Å². The molecule has 0 radical (unpaired) electrons. The summed E-state index contributed by atoms with van der Waals surface area (Å²) in [4.78, 5) is 0. The number of pyridine rings is 1. The van der Waals surface area contributed by atoms with Gasteiger partial charge in [-0.3, -0.25) is 0 Å². The van der Waals surface area contributed by atoms with Gasteiger partial charge in [0, 0.05) is 17.9 Å². The Hall–Kier alpha value is -2.55. The number of benzene rings is 2. The molecule has 0 aliphatic carbocycles. The highest BCUT2D eigenvalue weighted by Crippen LogP contribution is 2.40. The SMILES string of the molecule is Cc1ccc2cc3[n+](cc2c1C)CCc1cc2c(cc1-3)OCO2. The van der Waals surface area contributed by atoms with Crippen LogP contribution in [0.15, 0.2) is 36.5 Å². The number of nitrogens with zero attached hydrogens (tertiary/aromatic N) is 1. The van der Waals surface area contributed by atoms with Gasteiger partial charge in [-0.15, -0.1) is 0 Å². The number of hydrogen-bond donors (Lipinski definition) is 0. The summed E-state index contributed by atoms with van der Waals surface area (Å²) in [6.07, 6.45) is 3.33. The van der Waals surface area contributed by atoms with E-state index < -0.39 is 0 Å². The van der Waals surface area contributed by atoms with Crippen LogP contribution in [0.2, 0.25) is 0 Å². The molecule has 2 aliphatic heterocycles. The summed E-state index contributed by atoms with van der Waals surface area (Å²) < 4.78 is 13.5. The molecule has 0 spiro atoms. The number of hydrogen-bond acceptors (Lipinski definition) is 2. The number of rotatable bonds is 0. The minimum absolute atomic E-state index is 0.328. The predicted octanol–water partition coefficient (Wildman–Crippen LogP) is 3.70. The first kappa shape index (κ1) is 12.9. The minimum Gasteiger partial charge on any atom is -0.454 e. The van der Waals surface area contributed by atoms with Crippen LogP contribution in [-0.4, -0.2) is 6.79 Å². The van der Waals surface area contributed by atoms with Crippen molar-refractivity contribution < 1.29 is 14.0 Å². The van der Waals surface area contributed by atoms with E-state index in [1.807, 2.05) is 0 Å². The lowest BCUT2D eigenvalue weighted by Gasteiger charge is -2.16. The van der Waals surface area contributed by atoms with Crippen molar-refractivity contribution in [1.29, 1.82) is 0 Å². The molecular weight excluding hydrogens is 286 g/mol. The van der Waals surface area contributed by atoms with Gasteiger partial charge in [-0.2, -0.15) is 4.57 Å². The number of aryl methyl sites for hydroxylation is 4. The summed E-state index contributed by atoms with van der Waals surface area (Å²) in [5.74, 6) is 1.74. The molecular formula is C20H18NO2+. The van der Waals surface area contributed by atoms with Gasteiger partial charge in [0.2, 0.25) is 12.5 Å². The first-order valence-corrected chi connectivity index (χ1v) is 8.07. The Bertz CT molecular complexity index is 975. The highest BCUT2D eigenvalue weighted by atomic mass is 16.7.